The third kappa shape index (κ3) is 1.98. The van der Waals surface area contributed by atoms with Gasteiger partial charge in [0.15, 0.2) is 5.78 Å². The minimum atomic E-state index is -0.400. The van der Waals surface area contributed by atoms with Crippen molar-refractivity contribution < 1.29 is 9.59 Å². The molecule has 2 aromatic rings. The predicted octanol–water partition coefficient (Wildman–Crippen LogP) is 2.06. The standard InChI is InChI=1S/C22H16O2/c1-3-6-18-20-15(11-13(2)22(18)24)9-10-17-16-8-5-4-7-14(16)12-19(23)21(17)20/h1,4-5,7-13,18H,6H2,2H3. The fraction of sp³-hybridized carbons (Fsp3) is 0.182. The van der Waals surface area contributed by atoms with Gasteiger partial charge in [-0.25, -0.2) is 0 Å². The Bertz CT molecular complexity index is 1150. The van der Waals surface area contributed by atoms with Gasteiger partial charge < -0.3 is 0 Å². The van der Waals surface area contributed by atoms with Crippen molar-refractivity contribution in [3.63, 3.8) is 0 Å². The fourth-order valence-electron chi connectivity index (χ4n) is 3.86. The van der Waals surface area contributed by atoms with Crippen LogP contribution in [0.4, 0.5) is 0 Å². The van der Waals surface area contributed by atoms with Gasteiger partial charge in [-0.3, -0.25) is 9.59 Å². The van der Waals surface area contributed by atoms with Crippen LogP contribution < -0.4 is 10.4 Å². The van der Waals surface area contributed by atoms with Crippen molar-refractivity contribution in [3.05, 3.63) is 68.4 Å². The predicted molar refractivity (Wildman–Crippen MR) is 93.4 cm³/mol. The van der Waals surface area contributed by atoms with Crippen LogP contribution in [-0.2, 0) is 4.79 Å². The second-order valence-corrected chi connectivity index (χ2v) is 6.41. The number of hydrogen-bond donors (Lipinski definition) is 0. The number of rotatable bonds is 1. The number of benzene rings is 2. The molecular weight excluding hydrogens is 296 g/mol. The highest BCUT2D eigenvalue weighted by atomic mass is 16.1. The summed E-state index contributed by atoms with van der Waals surface area (Å²) in [5, 5.41) is 3.81. The second-order valence-electron chi connectivity index (χ2n) is 6.41. The molecule has 0 heterocycles. The molecule has 0 N–H and O–H groups in total. The normalized spacial score (nSPS) is 20.8. The van der Waals surface area contributed by atoms with E-state index in [2.05, 4.69) is 5.92 Å². The molecule has 2 atom stereocenters. The van der Waals surface area contributed by atoms with E-state index in [1.807, 2.05) is 49.4 Å². The van der Waals surface area contributed by atoms with Crippen LogP contribution in [0, 0.1) is 28.7 Å². The van der Waals surface area contributed by atoms with Crippen LogP contribution in [0.5, 0.6) is 0 Å². The lowest BCUT2D eigenvalue weighted by Gasteiger charge is -2.25. The molecule has 0 radical (unpaired) electrons. The first kappa shape index (κ1) is 14.7. The molecule has 2 heteroatoms. The van der Waals surface area contributed by atoms with Crippen molar-refractivity contribution in [2.75, 3.05) is 0 Å². The van der Waals surface area contributed by atoms with E-state index >= 15 is 0 Å². The zero-order valence-electron chi connectivity index (χ0n) is 13.4. The molecule has 2 aliphatic carbocycles. The second kappa shape index (κ2) is 5.32. The van der Waals surface area contributed by atoms with E-state index in [1.165, 1.54) is 0 Å². The SMILES string of the molecule is C#CCC1C(=O)C(C)C=c2ccc3c(c21)C(=O)C=c1ccccc1=3. The molecule has 0 fully saturated rings. The third-order valence-corrected chi connectivity index (χ3v) is 4.96. The molecule has 0 spiro atoms. The minimum absolute atomic E-state index is 0.0432. The van der Waals surface area contributed by atoms with E-state index in [-0.39, 0.29) is 17.5 Å². The lowest BCUT2D eigenvalue weighted by Crippen LogP contribution is -2.33. The molecule has 4 rings (SSSR count). The van der Waals surface area contributed by atoms with Crippen LogP contribution in [0.1, 0.15) is 35.2 Å². The average molecular weight is 312 g/mol. The molecular formula is C22H16O2. The van der Waals surface area contributed by atoms with Crippen molar-refractivity contribution in [2.45, 2.75) is 19.3 Å². The molecule has 116 valence electrons. The Balaban J connectivity index is 2.21. The highest BCUT2D eigenvalue weighted by Crippen LogP contribution is 2.30. The Morgan fingerprint density at radius 3 is 2.62 bits per heavy atom. The summed E-state index contributed by atoms with van der Waals surface area (Å²) in [6.07, 6.45) is 9.44. The van der Waals surface area contributed by atoms with Gasteiger partial charge in [-0.2, -0.15) is 0 Å². The van der Waals surface area contributed by atoms with Crippen molar-refractivity contribution >= 4 is 23.7 Å². The molecule has 2 aromatic carbocycles. The summed E-state index contributed by atoms with van der Waals surface area (Å²) < 4.78 is 0. The molecule has 0 saturated carbocycles. The molecule has 0 aliphatic heterocycles. The summed E-state index contributed by atoms with van der Waals surface area (Å²) in [5.41, 5.74) is 1.45. The maximum absolute atomic E-state index is 12.8. The summed E-state index contributed by atoms with van der Waals surface area (Å²) in [6, 6.07) is 11.8. The van der Waals surface area contributed by atoms with E-state index < -0.39 is 5.92 Å². The van der Waals surface area contributed by atoms with Gasteiger partial charge in [-0.1, -0.05) is 49.4 Å². The van der Waals surface area contributed by atoms with E-state index in [0.29, 0.717) is 12.0 Å². The molecule has 2 aliphatic rings. The highest BCUT2D eigenvalue weighted by molar-refractivity contribution is 6.19. The smallest absolute Gasteiger partial charge is 0.187 e. The van der Waals surface area contributed by atoms with Gasteiger partial charge in [-0.15, -0.1) is 12.3 Å². The molecule has 0 bridgehead atoms. The Kier molecular flexibility index (Phi) is 3.25. The van der Waals surface area contributed by atoms with Gasteiger partial charge in [0.05, 0.1) is 5.92 Å². The topological polar surface area (TPSA) is 34.1 Å². The maximum Gasteiger partial charge on any atom is 0.187 e. The largest absolute Gasteiger partial charge is 0.298 e. The van der Waals surface area contributed by atoms with Crippen LogP contribution in [0.15, 0.2) is 36.4 Å². The fourth-order valence-corrected chi connectivity index (χ4v) is 3.86. The van der Waals surface area contributed by atoms with Gasteiger partial charge in [-0.05, 0) is 32.5 Å². The number of Topliss-reactive ketones (excluding diaryl/α,β-unsaturated/α-hetero) is 2. The first-order chi connectivity index (χ1) is 11.6. The van der Waals surface area contributed by atoms with Crippen LogP contribution >= 0.6 is 0 Å². The van der Waals surface area contributed by atoms with Crippen molar-refractivity contribution in [1.29, 1.82) is 0 Å². The van der Waals surface area contributed by atoms with Crippen LogP contribution in [-0.4, -0.2) is 11.6 Å². The lowest BCUT2D eigenvalue weighted by molar-refractivity contribution is -0.122. The lowest BCUT2D eigenvalue weighted by atomic mass is 9.76. The van der Waals surface area contributed by atoms with Gasteiger partial charge in [0.1, 0.15) is 5.78 Å². The molecule has 0 amide bonds. The number of carbonyl (C=O) groups is 2. The first-order valence-corrected chi connectivity index (χ1v) is 8.09. The highest BCUT2D eigenvalue weighted by Gasteiger charge is 2.32. The summed E-state index contributed by atoms with van der Waals surface area (Å²) in [7, 11) is 0. The third-order valence-electron chi connectivity index (χ3n) is 4.96. The zero-order chi connectivity index (χ0) is 16.8. The number of ketones is 2. The van der Waals surface area contributed by atoms with Gasteiger partial charge in [0.2, 0.25) is 0 Å². The quantitative estimate of drug-likeness (QED) is 0.755. The molecule has 0 aromatic heterocycles. The zero-order valence-corrected chi connectivity index (χ0v) is 13.4. The van der Waals surface area contributed by atoms with E-state index in [0.717, 1.165) is 26.4 Å². The van der Waals surface area contributed by atoms with Crippen molar-refractivity contribution in [3.8, 4) is 12.3 Å². The number of carbonyl (C=O) groups excluding carboxylic acids is 2. The van der Waals surface area contributed by atoms with Crippen LogP contribution in [0.2, 0.25) is 0 Å². The summed E-state index contributed by atoms with van der Waals surface area (Å²) >= 11 is 0. The van der Waals surface area contributed by atoms with Gasteiger partial charge >= 0.3 is 0 Å². The number of fused-ring (bicyclic) bond motifs is 4. The molecule has 2 unspecified atom stereocenters. The van der Waals surface area contributed by atoms with Crippen molar-refractivity contribution in [2.24, 2.45) is 5.92 Å². The molecule has 24 heavy (non-hydrogen) atoms. The maximum atomic E-state index is 12.8. The first-order valence-electron chi connectivity index (χ1n) is 8.09. The monoisotopic (exact) mass is 312 g/mol. The Morgan fingerprint density at radius 2 is 1.83 bits per heavy atom. The Morgan fingerprint density at radius 1 is 1.04 bits per heavy atom. The van der Waals surface area contributed by atoms with Crippen LogP contribution in [0.25, 0.3) is 12.2 Å². The van der Waals surface area contributed by atoms with E-state index in [9.17, 15) is 9.59 Å². The molecule has 2 nitrogen and oxygen atoms in total. The molecule has 0 saturated heterocycles. The summed E-state index contributed by atoms with van der Waals surface area (Å²) in [4.78, 5) is 25.5. The average Bonchev–Trinajstić information content (AvgIpc) is 2.58. The summed E-state index contributed by atoms with van der Waals surface area (Å²) in [6.45, 7) is 1.89. The number of terminal acetylenes is 1. The van der Waals surface area contributed by atoms with Crippen LogP contribution in [0.3, 0.4) is 0 Å². The number of hydrogen-bond acceptors (Lipinski definition) is 2. The van der Waals surface area contributed by atoms with Crippen molar-refractivity contribution in [1.82, 2.24) is 0 Å². The van der Waals surface area contributed by atoms with Gasteiger partial charge in [0, 0.05) is 17.9 Å². The Labute approximate surface area is 139 Å². The van der Waals surface area contributed by atoms with E-state index in [1.54, 1.807) is 6.08 Å². The minimum Gasteiger partial charge on any atom is -0.298 e. The van der Waals surface area contributed by atoms with E-state index in [4.69, 9.17) is 6.42 Å². The summed E-state index contributed by atoms with van der Waals surface area (Å²) in [5.74, 6) is 2.09. The Hall–Kier alpha value is -2.92. The van der Waals surface area contributed by atoms with Gasteiger partial charge in [0.25, 0.3) is 0 Å².